The molecule has 1 heterocycles. The number of benzene rings is 1. The average molecular weight is 205 g/mol. The summed E-state index contributed by atoms with van der Waals surface area (Å²) in [5.41, 5.74) is 7.92. The summed E-state index contributed by atoms with van der Waals surface area (Å²) in [5.74, 6) is 0. The van der Waals surface area contributed by atoms with Crippen LogP contribution in [-0.4, -0.2) is 24.5 Å². The molecule has 1 aromatic carbocycles. The van der Waals surface area contributed by atoms with Gasteiger partial charge >= 0.3 is 6.03 Å². The highest BCUT2D eigenvalue weighted by Crippen LogP contribution is 2.25. The van der Waals surface area contributed by atoms with Crippen molar-refractivity contribution in [3.8, 4) is 0 Å². The largest absolute Gasteiger partial charge is 0.336 e. The Morgan fingerprint density at radius 3 is 2.87 bits per heavy atom. The van der Waals surface area contributed by atoms with Crippen molar-refractivity contribution < 1.29 is 4.79 Å². The van der Waals surface area contributed by atoms with Crippen LogP contribution in [0, 0.1) is 0 Å². The molecule has 15 heavy (non-hydrogen) atoms. The summed E-state index contributed by atoms with van der Waals surface area (Å²) in [7, 11) is 1.81. The molecule has 0 radical (unpaired) electrons. The van der Waals surface area contributed by atoms with E-state index in [0.717, 1.165) is 11.1 Å². The molecule has 0 spiro atoms. The third-order valence-electron chi connectivity index (χ3n) is 2.87. The van der Waals surface area contributed by atoms with Crippen molar-refractivity contribution >= 4 is 6.03 Å². The van der Waals surface area contributed by atoms with E-state index in [1.165, 1.54) is 0 Å². The summed E-state index contributed by atoms with van der Waals surface area (Å²) in [6.45, 7) is 1.17. The first-order chi connectivity index (χ1) is 7.24. The maximum Gasteiger partial charge on any atom is 0.317 e. The van der Waals surface area contributed by atoms with Crippen LogP contribution in [0.1, 0.15) is 17.2 Å². The fourth-order valence-corrected chi connectivity index (χ4v) is 1.95. The number of nitrogens with zero attached hydrogens (tertiary/aromatic N) is 1. The molecule has 1 fully saturated rings. The van der Waals surface area contributed by atoms with E-state index in [4.69, 9.17) is 5.73 Å². The molecule has 1 atom stereocenters. The number of likely N-dealkylation sites (N-methyl/N-ethyl adjacent to an activating group) is 1. The number of amides is 2. The van der Waals surface area contributed by atoms with Gasteiger partial charge in [0.05, 0.1) is 6.04 Å². The first kappa shape index (κ1) is 9.98. The van der Waals surface area contributed by atoms with Crippen LogP contribution in [0.25, 0.3) is 0 Å². The molecule has 1 aromatic rings. The number of rotatable bonds is 2. The van der Waals surface area contributed by atoms with Crippen LogP contribution in [0.2, 0.25) is 0 Å². The van der Waals surface area contributed by atoms with Gasteiger partial charge in [0.2, 0.25) is 0 Å². The second-order valence-electron chi connectivity index (χ2n) is 3.72. The Hall–Kier alpha value is -1.55. The van der Waals surface area contributed by atoms with Gasteiger partial charge in [-0.25, -0.2) is 4.79 Å². The molecule has 1 saturated heterocycles. The molecule has 0 aromatic heterocycles. The number of nitrogens with two attached hydrogens (primary N) is 1. The monoisotopic (exact) mass is 205 g/mol. The predicted octanol–water partition coefficient (Wildman–Crippen LogP) is 0.841. The lowest BCUT2D eigenvalue weighted by molar-refractivity contribution is 0.216. The van der Waals surface area contributed by atoms with Crippen molar-refractivity contribution in [1.82, 2.24) is 10.2 Å². The van der Waals surface area contributed by atoms with Gasteiger partial charge in [-0.2, -0.15) is 0 Å². The van der Waals surface area contributed by atoms with Gasteiger partial charge in [0.25, 0.3) is 0 Å². The fourth-order valence-electron chi connectivity index (χ4n) is 1.95. The van der Waals surface area contributed by atoms with E-state index >= 15 is 0 Å². The van der Waals surface area contributed by atoms with E-state index < -0.39 is 0 Å². The van der Waals surface area contributed by atoms with Crippen molar-refractivity contribution in [1.29, 1.82) is 0 Å². The van der Waals surface area contributed by atoms with Gasteiger partial charge in [0.1, 0.15) is 0 Å². The van der Waals surface area contributed by atoms with Gasteiger partial charge in [-0.05, 0) is 11.1 Å². The summed E-state index contributed by atoms with van der Waals surface area (Å²) in [5, 5.41) is 2.82. The Morgan fingerprint density at radius 2 is 2.27 bits per heavy atom. The molecule has 0 bridgehead atoms. The molecule has 4 heteroatoms. The van der Waals surface area contributed by atoms with E-state index in [2.05, 4.69) is 5.32 Å². The fraction of sp³-hybridized carbons (Fsp3) is 0.364. The minimum atomic E-state index is -0.0215. The smallest absolute Gasteiger partial charge is 0.317 e. The van der Waals surface area contributed by atoms with Crippen LogP contribution >= 0.6 is 0 Å². The summed E-state index contributed by atoms with van der Waals surface area (Å²) in [6.07, 6.45) is 0. The number of carbonyl (C=O) groups excluding carboxylic acids is 1. The second-order valence-corrected chi connectivity index (χ2v) is 3.72. The Labute approximate surface area is 89.1 Å². The molecule has 1 aliphatic rings. The molecular weight excluding hydrogens is 190 g/mol. The number of hydrogen-bond donors (Lipinski definition) is 2. The Balaban J connectivity index is 2.33. The zero-order valence-electron chi connectivity index (χ0n) is 8.73. The molecule has 2 rings (SSSR count). The number of hydrogen-bond acceptors (Lipinski definition) is 2. The van der Waals surface area contributed by atoms with Gasteiger partial charge in [0.15, 0.2) is 0 Å². The molecule has 1 aliphatic heterocycles. The average Bonchev–Trinajstić information content (AvgIpc) is 2.60. The van der Waals surface area contributed by atoms with Gasteiger partial charge in [-0.1, -0.05) is 24.3 Å². The highest BCUT2D eigenvalue weighted by Gasteiger charge is 2.29. The van der Waals surface area contributed by atoms with Crippen molar-refractivity contribution in [2.24, 2.45) is 5.73 Å². The lowest BCUT2D eigenvalue weighted by atomic mass is 10.0. The second kappa shape index (κ2) is 3.90. The Kier molecular flexibility index (Phi) is 2.60. The minimum Gasteiger partial charge on any atom is -0.336 e. The van der Waals surface area contributed by atoms with Crippen molar-refractivity contribution in [2.75, 3.05) is 13.6 Å². The predicted molar refractivity (Wildman–Crippen MR) is 58.2 cm³/mol. The lowest BCUT2D eigenvalue weighted by Gasteiger charge is -2.20. The third-order valence-corrected chi connectivity index (χ3v) is 2.87. The molecule has 1 unspecified atom stereocenters. The van der Waals surface area contributed by atoms with Crippen LogP contribution in [0.3, 0.4) is 0 Å². The SMILES string of the molecule is CN1C(=O)NCC1c1ccccc1CN. The molecule has 80 valence electrons. The van der Waals surface area contributed by atoms with Gasteiger partial charge in [0, 0.05) is 20.1 Å². The highest BCUT2D eigenvalue weighted by atomic mass is 16.2. The maximum atomic E-state index is 11.3. The van der Waals surface area contributed by atoms with Gasteiger partial charge in [-0.3, -0.25) is 0 Å². The minimum absolute atomic E-state index is 0.0215. The van der Waals surface area contributed by atoms with Crippen LogP contribution < -0.4 is 11.1 Å². The van der Waals surface area contributed by atoms with Crippen LogP contribution in [-0.2, 0) is 6.54 Å². The van der Waals surface area contributed by atoms with E-state index in [1.807, 2.05) is 24.3 Å². The lowest BCUT2D eigenvalue weighted by Crippen LogP contribution is -2.25. The summed E-state index contributed by atoms with van der Waals surface area (Å²) in [4.78, 5) is 13.1. The van der Waals surface area contributed by atoms with E-state index in [9.17, 15) is 4.79 Å². The number of urea groups is 1. The summed E-state index contributed by atoms with van der Waals surface area (Å²) in [6, 6.07) is 8.07. The van der Waals surface area contributed by atoms with Crippen LogP contribution in [0.5, 0.6) is 0 Å². The first-order valence-corrected chi connectivity index (χ1v) is 5.02. The van der Waals surface area contributed by atoms with Crippen LogP contribution in [0.4, 0.5) is 4.79 Å². The van der Waals surface area contributed by atoms with E-state index in [0.29, 0.717) is 13.1 Å². The normalized spacial score (nSPS) is 20.5. The van der Waals surface area contributed by atoms with Gasteiger partial charge < -0.3 is 16.0 Å². The number of nitrogens with one attached hydrogen (secondary N) is 1. The zero-order chi connectivity index (χ0) is 10.8. The molecular formula is C11H15N3O. The van der Waals surface area contributed by atoms with Crippen molar-refractivity contribution in [3.63, 3.8) is 0 Å². The number of carbonyl (C=O) groups is 1. The topological polar surface area (TPSA) is 58.4 Å². The van der Waals surface area contributed by atoms with E-state index in [1.54, 1.807) is 11.9 Å². The Bertz CT molecular complexity index is 378. The molecule has 2 amide bonds. The standard InChI is InChI=1S/C11H15N3O/c1-14-10(7-13-11(14)15)9-5-3-2-4-8(9)6-12/h2-5,10H,6-7,12H2,1H3,(H,13,15). The quantitative estimate of drug-likeness (QED) is 0.751. The molecule has 0 saturated carbocycles. The first-order valence-electron chi connectivity index (χ1n) is 5.02. The molecule has 0 aliphatic carbocycles. The summed E-state index contributed by atoms with van der Waals surface area (Å²) < 4.78 is 0. The molecule has 3 N–H and O–H groups in total. The highest BCUT2D eigenvalue weighted by molar-refractivity contribution is 5.77. The third kappa shape index (κ3) is 1.68. The summed E-state index contributed by atoms with van der Waals surface area (Å²) >= 11 is 0. The Morgan fingerprint density at radius 1 is 1.53 bits per heavy atom. The maximum absolute atomic E-state index is 11.3. The van der Waals surface area contributed by atoms with Gasteiger partial charge in [-0.15, -0.1) is 0 Å². The van der Waals surface area contributed by atoms with Crippen molar-refractivity contribution in [3.05, 3.63) is 35.4 Å². The molecule has 4 nitrogen and oxygen atoms in total. The zero-order valence-corrected chi connectivity index (χ0v) is 8.73. The van der Waals surface area contributed by atoms with Crippen molar-refractivity contribution in [2.45, 2.75) is 12.6 Å². The van der Waals surface area contributed by atoms with Crippen LogP contribution in [0.15, 0.2) is 24.3 Å². The van der Waals surface area contributed by atoms with E-state index in [-0.39, 0.29) is 12.1 Å².